The number of rotatable bonds is 7. The zero-order valence-electron chi connectivity index (χ0n) is 12.0. The Morgan fingerprint density at radius 2 is 2.22 bits per heavy atom. The van der Waals surface area contributed by atoms with Crippen LogP contribution in [0.3, 0.4) is 0 Å². The molecule has 122 valence electrons. The number of hydrogen-bond donors (Lipinski definition) is 1. The largest absolute Gasteiger partial charge is 0.467 e. The average molecular weight is 357 g/mol. The van der Waals surface area contributed by atoms with Crippen LogP contribution in [-0.4, -0.2) is 34.6 Å². The van der Waals surface area contributed by atoms with E-state index in [4.69, 9.17) is 17.0 Å². The zero-order chi connectivity index (χ0) is 16.8. The Morgan fingerprint density at radius 1 is 1.52 bits per heavy atom. The standard InChI is InChI=1S/C14H13F2N3O2S2/c1-21-13(20)12(7-9-10(15)3-2-4-11(9)16)19(8-22)18-14-17-5-6-23-14/h2-6,8,12H,7H2,1H3,(H,17,18). The van der Waals surface area contributed by atoms with Crippen molar-refractivity contribution in [3.63, 3.8) is 0 Å². The maximum absolute atomic E-state index is 13.8. The highest BCUT2D eigenvalue weighted by Crippen LogP contribution is 2.19. The predicted octanol–water partition coefficient (Wildman–Crippen LogP) is 2.79. The lowest BCUT2D eigenvalue weighted by Crippen LogP contribution is -2.45. The summed E-state index contributed by atoms with van der Waals surface area (Å²) in [6.07, 6.45) is 1.31. The Hall–Kier alpha value is -2.13. The first-order chi connectivity index (χ1) is 11.1. The van der Waals surface area contributed by atoms with Crippen molar-refractivity contribution in [3.8, 4) is 0 Å². The van der Waals surface area contributed by atoms with Crippen LogP contribution in [0.5, 0.6) is 0 Å². The van der Waals surface area contributed by atoms with Crippen LogP contribution in [0, 0.1) is 11.6 Å². The molecule has 1 heterocycles. The van der Waals surface area contributed by atoms with Crippen LogP contribution < -0.4 is 5.43 Å². The first kappa shape index (κ1) is 17.2. The highest BCUT2D eigenvalue weighted by Gasteiger charge is 2.28. The second-order valence-corrected chi connectivity index (χ2v) is 5.51. The van der Waals surface area contributed by atoms with Gasteiger partial charge in [0.05, 0.1) is 12.6 Å². The summed E-state index contributed by atoms with van der Waals surface area (Å²) in [6.45, 7) is 0. The van der Waals surface area contributed by atoms with Crippen molar-refractivity contribution in [2.45, 2.75) is 12.5 Å². The number of hydrazine groups is 1. The zero-order valence-corrected chi connectivity index (χ0v) is 13.7. The van der Waals surface area contributed by atoms with Gasteiger partial charge >= 0.3 is 5.97 Å². The molecule has 1 unspecified atom stereocenters. The maximum Gasteiger partial charge on any atom is 0.330 e. The number of methoxy groups -OCH3 is 1. The van der Waals surface area contributed by atoms with E-state index in [1.165, 1.54) is 35.0 Å². The van der Waals surface area contributed by atoms with E-state index in [9.17, 15) is 13.6 Å². The molecule has 0 aliphatic heterocycles. The summed E-state index contributed by atoms with van der Waals surface area (Å²) in [5, 5.41) is 3.45. The van der Waals surface area contributed by atoms with Gasteiger partial charge in [0.15, 0.2) is 6.04 Å². The van der Waals surface area contributed by atoms with Gasteiger partial charge in [0.1, 0.15) is 11.6 Å². The van der Waals surface area contributed by atoms with E-state index in [0.29, 0.717) is 5.13 Å². The Balaban J connectivity index is 2.28. The maximum atomic E-state index is 13.8. The second-order valence-electron chi connectivity index (χ2n) is 4.41. The summed E-state index contributed by atoms with van der Waals surface area (Å²) in [4.78, 5) is 16.0. The average Bonchev–Trinajstić information content (AvgIpc) is 3.05. The molecule has 0 fully saturated rings. The summed E-state index contributed by atoms with van der Waals surface area (Å²) in [5.41, 5.74) is 3.77. The molecule has 9 heteroatoms. The first-order valence-electron chi connectivity index (χ1n) is 6.47. The minimum absolute atomic E-state index is 0.217. The van der Waals surface area contributed by atoms with Crippen molar-refractivity contribution in [3.05, 3.63) is 47.0 Å². The summed E-state index contributed by atoms with van der Waals surface area (Å²) in [5.74, 6) is -2.16. The quantitative estimate of drug-likeness (QED) is 0.467. The van der Waals surface area contributed by atoms with E-state index < -0.39 is 23.6 Å². The number of nitrogens with zero attached hydrogens (tertiary/aromatic N) is 2. The fourth-order valence-corrected chi connectivity index (χ4v) is 2.65. The van der Waals surface area contributed by atoms with E-state index in [1.54, 1.807) is 11.6 Å². The molecule has 0 saturated heterocycles. The Bertz CT molecular complexity index is 662. The minimum Gasteiger partial charge on any atom is -0.467 e. The van der Waals surface area contributed by atoms with Gasteiger partial charge in [-0.25, -0.2) is 18.6 Å². The van der Waals surface area contributed by atoms with Gasteiger partial charge in [-0.1, -0.05) is 18.3 Å². The number of carbonyl (C=O) groups is 1. The van der Waals surface area contributed by atoms with Gasteiger partial charge in [-0.2, -0.15) is 0 Å². The van der Waals surface area contributed by atoms with Crippen molar-refractivity contribution < 1.29 is 18.3 Å². The topological polar surface area (TPSA) is 54.5 Å². The van der Waals surface area contributed by atoms with E-state index in [0.717, 1.165) is 12.1 Å². The van der Waals surface area contributed by atoms with Crippen LogP contribution in [-0.2, 0) is 16.0 Å². The van der Waals surface area contributed by atoms with Gasteiger partial charge in [0.2, 0.25) is 5.13 Å². The van der Waals surface area contributed by atoms with Gasteiger partial charge in [-0.05, 0) is 12.1 Å². The minimum atomic E-state index is -1.05. The van der Waals surface area contributed by atoms with Crippen molar-refractivity contribution in [1.29, 1.82) is 0 Å². The number of carbonyl (C=O) groups excluding carboxylic acids is 1. The number of hydrogen-bond acceptors (Lipinski definition) is 6. The number of thiazole rings is 1. The van der Waals surface area contributed by atoms with Crippen molar-refractivity contribution in [2.24, 2.45) is 0 Å². The highest BCUT2D eigenvalue weighted by molar-refractivity contribution is 7.78. The van der Waals surface area contributed by atoms with Gasteiger partial charge in [0.25, 0.3) is 0 Å². The van der Waals surface area contributed by atoms with Crippen molar-refractivity contribution in [1.82, 2.24) is 9.99 Å². The third kappa shape index (κ3) is 4.20. The number of anilines is 1. The predicted molar refractivity (Wildman–Crippen MR) is 87.1 cm³/mol. The summed E-state index contributed by atoms with van der Waals surface area (Å²) >= 11 is 6.18. The van der Waals surface area contributed by atoms with Crippen LogP contribution >= 0.6 is 23.6 Å². The molecule has 1 N–H and O–H groups in total. The number of nitrogens with one attached hydrogen (secondary N) is 1. The monoisotopic (exact) mass is 357 g/mol. The van der Waals surface area contributed by atoms with Crippen LogP contribution in [0.2, 0.25) is 0 Å². The Morgan fingerprint density at radius 3 is 2.74 bits per heavy atom. The fraction of sp³-hybridized carbons (Fsp3) is 0.214. The molecular weight excluding hydrogens is 344 g/mol. The summed E-state index contributed by atoms with van der Waals surface area (Å²) < 4.78 is 32.4. The molecule has 5 nitrogen and oxygen atoms in total. The molecular formula is C14H13F2N3O2S2. The van der Waals surface area contributed by atoms with E-state index in [2.05, 4.69) is 10.4 Å². The van der Waals surface area contributed by atoms with Gasteiger partial charge in [-0.3, -0.25) is 10.4 Å². The normalized spacial score (nSPS) is 11.6. The molecule has 2 rings (SSSR count). The van der Waals surface area contributed by atoms with Crippen LogP contribution in [0.1, 0.15) is 5.56 Å². The molecule has 0 saturated carbocycles. The number of aromatic nitrogens is 1. The number of thiocarbonyl (C=S) groups is 1. The second kappa shape index (κ2) is 7.93. The summed E-state index contributed by atoms with van der Waals surface area (Å²) in [7, 11) is 1.19. The molecule has 0 radical (unpaired) electrons. The third-order valence-corrected chi connectivity index (χ3v) is 3.94. The molecule has 0 aliphatic rings. The number of esters is 1. The number of benzene rings is 1. The van der Waals surface area contributed by atoms with Crippen molar-refractivity contribution in [2.75, 3.05) is 12.5 Å². The number of halogens is 2. The molecule has 23 heavy (non-hydrogen) atoms. The SMILES string of the molecule is COC(=O)C(Cc1c(F)cccc1F)N(C=S)Nc1nccs1. The highest BCUT2D eigenvalue weighted by atomic mass is 32.1. The van der Waals surface area contributed by atoms with E-state index in [-0.39, 0.29) is 12.0 Å². The third-order valence-electron chi connectivity index (χ3n) is 3.04. The van der Waals surface area contributed by atoms with Crippen LogP contribution in [0.25, 0.3) is 0 Å². The van der Waals surface area contributed by atoms with Gasteiger partial charge in [-0.15, -0.1) is 11.3 Å². The molecule has 2 aromatic rings. The fourth-order valence-electron chi connectivity index (χ4n) is 1.92. The molecule has 1 aromatic carbocycles. The molecule has 0 amide bonds. The van der Waals surface area contributed by atoms with Gasteiger partial charge in [0, 0.05) is 23.6 Å². The smallest absolute Gasteiger partial charge is 0.330 e. The Labute approximate surface area is 140 Å². The van der Waals surface area contributed by atoms with Crippen molar-refractivity contribution >= 4 is 40.1 Å². The molecule has 1 aromatic heterocycles. The lowest BCUT2D eigenvalue weighted by atomic mass is 10.0. The Kier molecular flexibility index (Phi) is 5.94. The van der Waals surface area contributed by atoms with Gasteiger partial charge < -0.3 is 4.74 Å². The van der Waals surface area contributed by atoms with E-state index >= 15 is 0 Å². The number of ether oxygens (including phenoxy) is 1. The van der Waals surface area contributed by atoms with Crippen LogP contribution in [0.15, 0.2) is 29.8 Å². The molecule has 0 spiro atoms. The first-order valence-corrected chi connectivity index (χ1v) is 7.82. The molecule has 0 aliphatic carbocycles. The molecule has 1 atom stereocenters. The van der Waals surface area contributed by atoms with E-state index in [1.807, 2.05) is 0 Å². The van der Waals surface area contributed by atoms with Crippen LogP contribution in [0.4, 0.5) is 13.9 Å². The molecule has 0 bridgehead atoms. The lowest BCUT2D eigenvalue weighted by Gasteiger charge is -2.27. The lowest BCUT2D eigenvalue weighted by molar-refractivity contribution is -0.145. The summed E-state index contributed by atoms with van der Waals surface area (Å²) in [6, 6.07) is 2.46.